The van der Waals surface area contributed by atoms with Crippen LogP contribution in [0.1, 0.15) is 0 Å². The van der Waals surface area contributed by atoms with E-state index in [0.29, 0.717) is 0 Å². The van der Waals surface area contributed by atoms with Crippen molar-refractivity contribution in [1.29, 1.82) is 0 Å². The Hall–Kier alpha value is 0.0600. The SMILES string of the molecule is Brc1ccc(-c2c(Br)sc(Br)c2-c2ccc(Br)cc2)cc1. The third-order valence-corrected chi connectivity index (χ3v) is 6.68. The quantitative estimate of drug-likeness (QED) is 0.302. The Balaban J connectivity index is 2.21. The largest absolute Gasteiger partial charge is 0.120 e. The maximum absolute atomic E-state index is 3.70. The summed E-state index contributed by atoms with van der Waals surface area (Å²) in [6, 6.07) is 16.8. The summed E-state index contributed by atoms with van der Waals surface area (Å²) in [6.07, 6.45) is 0. The van der Waals surface area contributed by atoms with Crippen molar-refractivity contribution >= 4 is 75.1 Å². The van der Waals surface area contributed by atoms with Crippen LogP contribution in [0, 0.1) is 0 Å². The first kappa shape index (κ1) is 15.9. The molecule has 0 N–H and O–H groups in total. The molecule has 106 valence electrons. The first-order valence-corrected chi connectivity index (χ1v) is 10.0. The minimum absolute atomic E-state index is 1.09. The second-order valence-electron chi connectivity index (χ2n) is 4.41. The third-order valence-electron chi connectivity index (χ3n) is 3.09. The van der Waals surface area contributed by atoms with E-state index >= 15 is 0 Å². The molecule has 0 spiro atoms. The fourth-order valence-electron chi connectivity index (χ4n) is 2.13. The lowest BCUT2D eigenvalue weighted by molar-refractivity contribution is 1.59. The highest BCUT2D eigenvalue weighted by Crippen LogP contribution is 2.48. The summed E-state index contributed by atoms with van der Waals surface area (Å²) in [6.45, 7) is 0. The zero-order valence-corrected chi connectivity index (χ0v) is 17.7. The molecular weight excluding hydrogens is 544 g/mol. The van der Waals surface area contributed by atoms with E-state index in [1.807, 2.05) is 0 Å². The van der Waals surface area contributed by atoms with Gasteiger partial charge in [0.1, 0.15) is 0 Å². The van der Waals surface area contributed by atoms with Crippen LogP contribution in [0.25, 0.3) is 22.3 Å². The number of hydrogen-bond acceptors (Lipinski definition) is 1. The molecule has 0 radical (unpaired) electrons. The van der Waals surface area contributed by atoms with E-state index in [2.05, 4.69) is 112 Å². The summed E-state index contributed by atoms with van der Waals surface area (Å²) in [5, 5.41) is 0. The molecule has 0 amide bonds. The zero-order valence-electron chi connectivity index (χ0n) is 10.5. The van der Waals surface area contributed by atoms with Crippen LogP contribution < -0.4 is 0 Å². The van der Waals surface area contributed by atoms with Gasteiger partial charge in [0.05, 0.1) is 7.57 Å². The first-order valence-electron chi connectivity index (χ1n) is 6.06. The van der Waals surface area contributed by atoms with Crippen molar-refractivity contribution in [3.8, 4) is 22.3 Å². The van der Waals surface area contributed by atoms with Crippen molar-refractivity contribution in [2.45, 2.75) is 0 Å². The van der Waals surface area contributed by atoms with Crippen molar-refractivity contribution in [2.24, 2.45) is 0 Å². The lowest BCUT2D eigenvalue weighted by Crippen LogP contribution is -1.82. The highest BCUT2D eigenvalue weighted by Gasteiger charge is 2.18. The summed E-state index contributed by atoms with van der Waals surface area (Å²) >= 11 is 16.1. The Morgan fingerprint density at radius 3 is 1.19 bits per heavy atom. The highest BCUT2D eigenvalue weighted by molar-refractivity contribution is 9.12. The van der Waals surface area contributed by atoms with Crippen LogP contribution in [0.3, 0.4) is 0 Å². The van der Waals surface area contributed by atoms with Gasteiger partial charge in [-0.1, -0.05) is 56.1 Å². The first-order chi connectivity index (χ1) is 10.1. The molecule has 0 aliphatic heterocycles. The maximum Gasteiger partial charge on any atom is 0.0795 e. The van der Waals surface area contributed by atoms with Crippen LogP contribution in [0.15, 0.2) is 65.0 Å². The van der Waals surface area contributed by atoms with Crippen LogP contribution in [0.4, 0.5) is 0 Å². The van der Waals surface area contributed by atoms with Crippen LogP contribution in [0.5, 0.6) is 0 Å². The van der Waals surface area contributed by atoms with Crippen LogP contribution in [-0.4, -0.2) is 0 Å². The van der Waals surface area contributed by atoms with Gasteiger partial charge in [0.2, 0.25) is 0 Å². The van der Waals surface area contributed by atoms with E-state index in [4.69, 9.17) is 0 Å². The maximum atomic E-state index is 3.70. The van der Waals surface area contributed by atoms with Gasteiger partial charge in [0, 0.05) is 20.1 Å². The second-order valence-corrected chi connectivity index (χ2v) is 9.90. The smallest absolute Gasteiger partial charge is 0.0795 e. The standard InChI is InChI=1S/C16H8Br4S/c17-11-5-1-9(2-6-11)13-14(16(20)21-15(13)19)10-3-7-12(18)8-4-10/h1-8H. The molecule has 21 heavy (non-hydrogen) atoms. The molecule has 2 aromatic carbocycles. The Labute approximate surface area is 161 Å². The predicted octanol–water partition coefficient (Wildman–Crippen LogP) is 8.13. The number of hydrogen-bond donors (Lipinski definition) is 0. The molecule has 0 aliphatic carbocycles. The molecule has 1 heterocycles. The normalized spacial score (nSPS) is 10.9. The molecule has 0 aliphatic rings. The minimum Gasteiger partial charge on any atom is -0.120 e. The van der Waals surface area contributed by atoms with Gasteiger partial charge in [-0.3, -0.25) is 0 Å². The molecule has 5 heteroatoms. The zero-order chi connectivity index (χ0) is 15.0. The molecular formula is C16H8Br4S. The minimum atomic E-state index is 1.09. The van der Waals surface area contributed by atoms with Crippen molar-refractivity contribution in [3.63, 3.8) is 0 Å². The summed E-state index contributed by atoms with van der Waals surface area (Å²) in [5.41, 5.74) is 4.85. The molecule has 0 saturated heterocycles. The molecule has 0 bridgehead atoms. The number of rotatable bonds is 2. The van der Waals surface area contributed by atoms with E-state index in [1.165, 1.54) is 22.3 Å². The molecule has 0 unspecified atom stereocenters. The molecule has 3 rings (SSSR count). The molecule has 1 aromatic heterocycles. The van der Waals surface area contributed by atoms with Gasteiger partial charge in [0.25, 0.3) is 0 Å². The molecule has 3 aromatic rings. The van der Waals surface area contributed by atoms with E-state index in [9.17, 15) is 0 Å². The predicted molar refractivity (Wildman–Crippen MR) is 106 cm³/mol. The Kier molecular flexibility index (Phi) is 5.06. The Bertz CT molecular complexity index is 707. The molecule has 0 saturated carbocycles. The summed E-state index contributed by atoms with van der Waals surface area (Å²) in [7, 11) is 0. The van der Waals surface area contributed by atoms with E-state index in [0.717, 1.165) is 16.5 Å². The topological polar surface area (TPSA) is 0 Å². The Morgan fingerprint density at radius 2 is 0.857 bits per heavy atom. The second kappa shape index (κ2) is 6.67. The van der Waals surface area contributed by atoms with Crippen molar-refractivity contribution in [3.05, 3.63) is 65.0 Å². The molecule has 0 atom stereocenters. The van der Waals surface area contributed by atoms with Gasteiger partial charge in [-0.05, 0) is 67.3 Å². The molecule has 0 nitrogen and oxygen atoms in total. The van der Waals surface area contributed by atoms with Gasteiger partial charge in [-0.25, -0.2) is 0 Å². The van der Waals surface area contributed by atoms with E-state index in [-0.39, 0.29) is 0 Å². The number of benzene rings is 2. The van der Waals surface area contributed by atoms with Crippen molar-refractivity contribution < 1.29 is 0 Å². The molecule has 0 fully saturated rings. The van der Waals surface area contributed by atoms with E-state index in [1.54, 1.807) is 11.3 Å². The van der Waals surface area contributed by atoms with Crippen LogP contribution in [0.2, 0.25) is 0 Å². The summed E-state index contributed by atoms with van der Waals surface area (Å²) in [5.74, 6) is 0. The lowest BCUT2D eigenvalue weighted by Gasteiger charge is -2.07. The van der Waals surface area contributed by atoms with Crippen molar-refractivity contribution in [1.82, 2.24) is 0 Å². The third kappa shape index (κ3) is 3.37. The lowest BCUT2D eigenvalue weighted by atomic mass is 9.99. The van der Waals surface area contributed by atoms with Gasteiger partial charge in [0.15, 0.2) is 0 Å². The number of halogens is 4. The van der Waals surface area contributed by atoms with Gasteiger partial charge >= 0.3 is 0 Å². The fraction of sp³-hybridized carbons (Fsp3) is 0. The van der Waals surface area contributed by atoms with Crippen LogP contribution >= 0.6 is 75.1 Å². The summed E-state index contributed by atoms with van der Waals surface area (Å²) < 4.78 is 4.44. The summed E-state index contributed by atoms with van der Waals surface area (Å²) in [4.78, 5) is 0. The van der Waals surface area contributed by atoms with E-state index < -0.39 is 0 Å². The van der Waals surface area contributed by atoms with Gasteiger partial charge in [-0.15, -0.1) is 11.3 Å². The highest BCUT2D eigenvalue weighted by atomic mass is 79.9. The van der Waals surface area contributed by atoms with Crippen molar-refractivity contribution in [2.75, 3.05) is 0 Å². The van der Waals surface area contributed by atoms with Gasteiger partial charge < -0.3 is 0 Å². The monoisotopic (exact) mass is 548 g/mol. The average molecular weight is 552 g/mol. The average Bonchev–Trinajstić information content (AvgIpc) is 2.75. The van der Waals surface area contributed by atoms with Crippen LogP contribution in [-0.2, 0) is 0 Å². The Morgan fingerprint density at radius 1 is 0.524 bits per heavy atom. The number of thiophene rings is 1. The fourth-order valence-corrected chi connectivity index (χ4v) is 5.93. The van der Waals surface area contributed by atoms with Gasteiger partial charge in [-0.2, -0.15) is 0 Å².